The molecule has 2 N–H and O–H groups in total. The van der Waals surface area contributed by atoms with Gasteiger partial charge >= 0.3 is 0 Å². The molecule has 0 aliphatic rings. The predicted octanol–water partition coefficient (Wildman–Crippen LogP) is 0.950. The Kier molecular flexibility index (Phi) is 1.82. The number of rotatable bonds is 1. The van der Waals surface area contributed by atoms with Crippen molar-refractivity contribution < 1.29 is 0 Å². The van der Waals surface area contributed by atoms with E-state index < -0.39 is 0 Å². The Morgan fingerprint density at radius 1 is 1.58 bits per heavy atom. The molecule has 2 rings (SSSR count). The van der Waals surface area contributed by atoms with Crippen molar-refractivity contribution in [2.24, 2.45) is 5.73 Å². The zero-order valence-corrected chi connectivity index (χ0v) is 7.82. The van der Waals surface area contributed by atoms with Gasteiger partial charge in [-0.05, 0) is 22.0 Å². The summed E-state index contributed by atoms with van der Waals surface area (Å²) in [6.07, 6.45) is 3.62. The fraction of sp³-hybridized carbons (Fsp3) is 0.143. The average Bonchev–Trinajstić information content (AvgIpc) is 2.43. The molecule has 0 radical (unpaired) electrons. The highest BCUT2D eigenvalue weighted by Gasteiger charge is 1.99. The first-order valence-electron chi connectivity index (χ1n) is 3.49. The summed E-state index contributed by atoms with van der Waals surface area (Å²) in [6, 6.07) is 1.94. The van der Waals surface area contributed by atoms with Crippen LogP contribution in [0.2, 0.25) is 0 Å². The number of hydrogen-bond acceptors (Lipinski definition) is 3. The van der Waals surface area contributed by atoms with Crippen LogP contribution in [0.5, 0.6) is 0 Å². The van der Waals surface area contributed by atoms with Gasteiger partial charge in [0.05, 0.1) is 18.3 Å². The standard InChI is InChI=1S/C7H7BrN4/c8-5-1-6-3-10-7(2-9)11-12(6)4-5/h1,3-4H,2,9H2. The van der Waals surface area contributed by atoms with Crippen molar-refractivity contribution in [3.05, 3.63) is 28.8 Å². The SMILES string of the molecule is NCc1ncc2cc(Br)cn2n1. The molecule has 4 nitrogen and oxygen atoms in total. The highest BCUT2D eigenvalue weighted by atomic mass is 79.9. The van der Waals surface area contributed by atoms with Gasteiger partial charge in [0.15, 0.2) is 5.82 Å². The molecule has 0 aliphatic heterocycles. The van der Waals surface area contributed by atoms with Crippen LogP contribution in [0.15, 0.2) is 22.9 Å². The Morgan fingerprint density at radius 2 is 2.42 bits per heavy atom. The van der Waals surface area contributed by atoms with Crippen molar-refractivity contribution >= 4 is 21.4 Å². The van der Waals surface area contributed by atoms with E-state index in [2.05, 4.69) is 26.0 Å². The summed E-state index contributed by atoms with van der Waals surface area (Å²) in [6.45, 7) is 0.367. The van der Waals surface area contributed by atoms with Crippen LogP contribution in [0, 0.1) is 0 Å². The first kappa shape index (κ1) is 7.70. The molecule has 0 unspecified atom stereocenters. The lowest BCUT2D eigenvalue weighted by atomic mass is 10.5. The van der Waals surface area contributed by atoms with Crippen LogP contribution in [0.25, 0.3) is 5.52 Å². The minimum atomic E-state index is 0.367. The van der Waals surface area contributed by atoms with Crippen molar-refractivity contribution in [1.29, 1.82) is 0 Å². The summed E-state index contributed by atoms with van der Waals surface area (Å²) in [7, 11) is 0. The first-order chi connectivity index (χ1) is 5.79. The minimum absolute atomic E-state index is 0.367. The predicted molar refractivity (Wildman–Crippen MR) is 48.6 cm³/mol. The number of hydrogen-bond donors (Lipinski definition) is 1. The van der Waals surface area contributed by atoms with E-state index in [9.17, 15) is 0 Å². The molecule has 5 heteroatoms. The molecule has 12 heavy (non-hydrogen) atoms. The van der Waals surface area contributed by atoms with Gasteiger partial charge in [-0.3, -0.25) is 0 Å². The van der Waals surface area contributed by atoms with Gasteiger partial charge in [0.2, 0.25) is 0 Å². The largest absolute Gasteiger partial charge is 0.324 e. The van der Waals surface area contributed by atoms with Gasteiger partial charge in [0, 0.05) is 10.7 Å². The van der Waals surface area contributed by atoms with E-state index >= 15 is 0 Å². The Hall–Kier alpha value is -0.940. The van der Waals surface area contributed by atoms with Crippen molar-refractivity contribution in [3.63, 3.8) is 0 Å². The van der Waals surface area contributed by atoms with Gasteiger partial charge in [0.1, 0.15) is 0 Å². The molecule has 0 spiro atoms. The maximum atomic E-state index is 5.40. The zero-order chi connectivity index (χ0) is 8.55. The molecule has 0 saturated carbocycles. The monoisotopic (exact) mass is 226 g/mol. The first-order valence-corrected chi connectivity index (χ1v) is 4.29. The molecule has 0 aromatic carbocycles. The van der Waals surface area contributed by atoms with E-state index in [0.29, 0.717) is 12.4 Å². The Bertz CT molecular complexity index is 409. The molecular weight excluding hydrogens is 220 g/mol. The van der Waals surface area contributed by atoms with Crippen LogP contribution in [0.3, 0.4) is 0 Å². The highest BCUT2D eigenvalue weighted by molar-refractivity contribution is 9.10. The van der Waals surface area contributed by atoms with Gasteiger partial charge in [0.25, 0.3) is 0 Å². The summed E-state index contributed by atoms with van der Waals surface area (Å²) < 4.78 is 2.74. The molecule has 2 aromatic rings. The van der Waals surface area contributed by atoms with Crippen molar-refractivity contribution in [2.45, 2.75) is 6.54 Å². The third-order valence-electron chi connectivity index (χ3n) is 1.55. The maximum Gasteiger partial charge on any atom is 0.162 e. The van der Waals surface area contributed by atoms with Crippen LogP contribution < -0.4 is 5.73 Å². The fourth-order valence-corrected chi connectivity index (χ4v) is 1.43. The van der Waals surface area contributed by atoms with Gasteiger partial charge in [-0.25, -0.2) is 9.50 Å². The number of fused-ring (bicyclic) bond motifs is 1. The van der Waals surface area contributed by atoms with E-state index in [1.807, 2.05) is 12.3 Å². The normalized spacial score (nSPS) is 10.8. The quantitative estimate of drug-likeness (QED) is 0.788. The molecule has 62 valence electrons. The smallest absolute Gasteiger partial charge is 0.162 e. The van der Waals surface area contributed by atoms with Crippen LogP contribution in [-0.4, -0.2) is 14.6 Å². The summed E-state index contributed by atoms with van der Waals surface area (Å²) in [4.78, 5) is 4.06. The van der Waals surface area contributed by atoms with Gasteiger partial charge in [-0.15, -0.1) is 0 Å². The molecule has 0 atom stereocenters. The zero-order valence-electron chi connectivity index (χ0n) is 6.24. The average molecular weight is 227 g/mol. The molecule has 0 amide bonds. The van der Waals surface area contributed by atoms with E-state index in [1.165, 1.54) is 0 Å². The van der Waals surface area contributed by atoms with Crippen LogP contribution in [0.4, 0.5) is 0 Å². The minimum Gasteiger partial charge on any atom is -0.324 e. The highest BCUT2D eigenvalue weighted by Crippen LogP contribution is 2.13. The Balaban J connectivity index is 2.66. The van der Waals surface area contributed by atoms with E-state index in [0.717, 1.165) is 9.99 Å². The number of halogens is 1. The molecule has 0 saturated heterocycles. The van der Waals surface area contributed by atoms with Crippen molar-refractivity contribution in [3.8, 4) is 0 Å². The molecule has 0 bridgehead atoms. The van der Waals surface area contributed by atoms with E-state index in [1.54, 1.807) is 10.7 Å². The Labute approximate surface area is 77.5 Å². The molecule has 0 fully saturated rings. The second-order valence-electron chi connectivity index (χ2n) is 2.41. The summed E-state index contributed by atoms with van der Waals surface area (Å²) >= 11 is 3.35. The lowest BCUT2D eigenvalue weighted by Crippen LogP contribution is -2.05. The number of aromatic nitrogens is 3. The summed E-state index contributed by atoms with van der Waals surface area (Å²) in [5.41, 5.74) is 6.36. The second kappa shape index (κ2) is 2.84. The summed E-state index contributed by atoms with van der Waals surface area (Å²) in [5, 5.41) is 4.17. The fourth-order valence-electron chi connectivity index (χ4n) is 1.00. The molecule has 0 aliphatic carbocycles. The van der Waals surface area contributed by atoms with E-state index in [-0.39, 0.29) is 0 Å². The van der Waals surface area contributed by atoms with Crippen LogP contribution in [0.1, 0.15) is 5.82 Å². The van der Waals surface area contributed by atoms with E-state index in [4.69, 9.17) is 5.73 Å². The third-order valence-corrected chi connectivity index (χ3v) is 1.98. The van der Waals surface area contributed by atoms with Gasteiger partial charge < -0.3 is 5.73 Å². The van der Waals surface area contributed by atoms with Gasteiger partial charge in [-0.2, -0.15) is 5.10 Å². The van der Waals surface area contributed by atoms with Gasteiger partial charge in [-0.1, -0.05) is 0 Å². The number of nitrogens with zero attached hydrogens (tertiary/aromatic N) is 3. The van der Waals surface area contributed by atoms with Crippen LogP contribution >= 0.6 is 15.9 Å². The second-order valence-corrected chi connectivity index (χ2v) is 3.32. The number of nitrogens with two attached hydrogens (primary N) is 1. The third kappa shape index (κ3) is 1.21. The summed E-state index contributed by atoms with van der Waals surface area (Å²) in [5.74, 6) is 0.644. The van der Waals surface area contributed by atoms with Crippen molar-refractivity contribution in [1.82, 2.24) is 14.6 Å². The lowest BCUT2D eigenvalue weighted by molar-refractivity contribution is 0.799. The molecule has 2 heterocycles. The molecule has 2 aromatic heterocycles. The molecular formula is C7H7BrN4. The Morgan fingerprint density at radius 3 is 3.17 bits per heavy atom. The maximum absolute atomic E-state index is 5.40. The lowest BCUT2D eigenvalue weighted by Gasteiger charge is -1.95. The van der Waals surface area contributed by atoms with Crippen molar-refractivity contribution in [2.75, 3.05) is 0 Å². The topological polar surface area (TPSA) is 56.2 Å². The van der Waals surface area contributed by atoms with Crippen LogP contribution in [-0.2, 0) is 6.54 Å².